The lowest BCUT2D eigenvalue weighted by molar-refractivity contribution is -0.129. The SMILES string of the molecule is C#CCNCc1ccc(-c2ccc(N3C[C@H](CCC(=O)C(F)F)OC3=O)cc2F)cc1. The fraction of sp³-hybridized carbons (Fsp3) is 0.304. The molecule has 0 radical (unpaired) electrons. The van der Waals surface area contributed by atoms with Gasteiger partial charge < -0.3 is 10.1 Å². The van der Waals surface area contributed by atoms with Gasteiger partial charge in [-0.2, -0.15) is 0 Å². The predicted octanol–water partition coefficient (Wildman–Crippen LogP) is 4.16. The van der Waals surface area contributed by atoms with Crippen molar-refractivity contribution in [1.29, 1.82) is 0 Å². The summed E-state index contributed by atoms with van der Waals surface area (Å²) >= 11 is 0. The van der Waals surface area contributed by atoms with Crippen LogP contribution >= 0.6 is 0 Å². The van der Waals surface area contributed by atoms with E-state index < -0.39 is 30.2 Å². The Morgan fingerprint density at radius 3 is 2.65 bits per heavy atom. The van der Waals surface area contributed by atoms with Crippen LogP contribution in [0.5, 0.6) is 0 Å². The van der Waals surface area contributed by atoms with Gasteiger partial charge in [0.1, 0.15) is 11.9 Å². The van der Waals surface area contributed by atoms with Crippen molar-refractivity contribution in [3.63, 3.8) is 0 Å². The van der Waals surface area contributed by atoms with Gasteiger partial charge in [0.2, 0.25) is 0 Å². The first-order valence-corrected chi connectivity index (χ1v) is 9.71. The van der Waals surface area contributed by atoms with E-state index in [0.29, 0.717) is 29.9 Å². The van der Waals surface area contributed by atoms with E-state index in [2.05, 4.69) is 11.2 Å². The third-order valence-corrected chi connectivity index (χ3v) is 4.92. The number of nitrogens with one attached hydrogen (secondary N) is 1. The fourth-order valence-electron chi connectivity index (χ4n) is 3.28. The molecule has 8 heteroatoms. The lowest BCUT2D eigenvalue weighted by atomic mass is 10.0. The summed E-state index contributed by atoms with van der Waals surface area (Å²) in [6.45, 7) is 1.13. The molecule has 1 N–H and O–H groups in total. The Kier molecular flexibility index (Phi) is 7.32. The monoisotopic (exact) mass is 430 g/mol. The fourth-order valence-corrected chi connectivity index (χ4v) is 3.28. The molecule has 0 bridgehead atoms. The molecule has 1 saturated heterocycles. The van der Waals surface area contributed by atoms with Crippen molar-refractivity contribution in [2.75, 3.05) is 18.0 Å². The molecule has 1 fully saturated rings. The number of hydrogen-bond donors (Lipinski definition) is 1. The summed E-state index contributed by atoms with van der Waals surface area (Å²) in [6.07, 6.45) is 0.362. The number of amides is 1. The molecule has 1 heterocycles. The van der Waals surface area contributed by atoms with Crippen molar-refractivity contribution < 1.29 is 27.5 Å². The molecule has 1 aliphatic heterocycles. The van der Waals surface area contributed by atoms with Crippen LogP contribution in [0.2, 0.25) is 0 Å². The molecule has 0 aromatic heterocycles. The van der Waals surface area contributed by atoms with Gasteiger partial charge in [0, 0.05) is 18.5 Å². The van der Waals surface area contributed by atoms with Crippen LogP contribution in [0.1, 0.15) is 18.4 Å². The Balaban J connectivity index is 1.66. The van der Waals surface area contributed by atoms with E-state index in [1.54, 1.807) is 24.3 Å². The number of carbonyl (C=O) groups excluding carboxylic acids is 2. The second kappa shape index (κ2) is 10.1. The molecule has 162 valence electrons. The summed E-state index contributed by atoms with van der Waals surface area (Å²) in [5, 5.41) is 3.07. The highest BCUT2D eigenvalue weighted by molar-refractivity contribution is 5.90. The maximum absolute atomic E-state index is 14.8. The second-order valence-electron chi connectivity index (χ2n) is 7.09. The summed E-state index contributed by atoms with van der Waals surface area (Å²) < 4.78 is 44.5. The number of nitrogens with zero attached hydrogens (tertiary/aromatic N) is 1. The smallest absolute Gasteiger partial charge is 0.414 e. The van der Waals surface area contributed by atoms with E-state index in [1.165, 1.54) is 11.0 Å². The van der Waals surface area contributed by atoms with E-state index >= 15 is 0 Å². The lowest BCUT2D eigenvalue weighted by Gasteiger charge is -2.14. The van der Waals surface area contributed by atoms with Crippen molar-refractivity contribution in [1.82, 2.24) is 5.32 Å². The first-order chi connectivity index (χ1) is 14.9. The summed E-state index contributed by atoms with van der Waals surface area (Å²) in [6, 6.07) is 11.7. The van der Waals surface area contributed by atoms with Crippen LogP contribution < -0.4 is 10.2 Å². The Hall–Kier alpha value is -3.31. The Morgan fingerprint density at radius 1 is 1.26 bits per heavy atom. The maximum Gasteiger partial charge on any atom is 0.414 e. The van der Waals surface area contributed by atoms with Crippen LogP contribution in [-0.4, -0.2) is 37.5 Å². The van der Waals surface area contributed by atoms with Gasteiger partial charge in [-0.3, -0.25) is 9.69 Å². The van der Waals surface area contributed by atoms with Crippen LogP contribution in [0, 0.1) is 18.2 Å². The van der Waals surface area contributed by atoms with E-state index in [-0.39, 0.29) is 19.4 Å². The lowest BCUT2D eigenvalue weighted by Crippen LogP contribution is -2.25. The largest absolute Gasteiger partial charge is 0.444 e. The van der Waals surface area contributed by atoms with Crippen molar-refractivity contribution in [2.45, 2.75) is 31.9 Å². The highest BCUT2D eigenvalue weighted by Gasteiger charge is 2.33. The van der Waals surface area contributed by atoms with Gasteiger partial charge in [0.05, 0.1) is 18.8 Å². The zero-order chi connectivity index (χ0) is 22.4. The highest BCUT2D eigenvalue weighted by Crippen LogP contribution is 2.30. The first kappa shape index (κ1) is 22.4. The Morgan fingerprint density at radius 2 is 2.00 bits per heavy atom. The van der Waals surface area contributed by atoms with Crippen molar-refractivity contribution in [2.24, 2.45) is 0 Å². The molecular weight excluding hydrogens is 409 g/mol. The van der Waals surface area contributed by atoms with Crippen molar-refractivity contribution in [3.05, 3.63) is 53.8 Å². The number of terminal acetylenes is 1. The first-order valence-electron chi connectivity index (χ1n) is 9.71. The van der Waals surface area contributed by atoms with Crippen LogP contribution in [0.25, 0.3) is 11.1 Å². The van der Waals surface area contributed by atoms with Crippen LogP contribution in [0.15, 0.2) is 42.5 Å². The van der Waals surface area contributed by atoms with E-state index in [0.717, 1.165) is 5.56 Å². The summed E-state index contributed by atoms with van der Waals surface area (Å²) in [5.41, 5.74) is 2.35. The number of hydrogen-bond acceptors (Lipinski definition) is 4. The van der Waals surface area contributed by atoms with Gasteiger partial charge in [0.25, 0.3) is 6.43 Å². The number of ketones is 1. The number of benzene rings is 2. The third-order valence-electron chi connectivity index (χ3n) is 4.92. The molecule has 3 rings (SSSR count). The molecule has 5 nitrogen and oxygen atoms in total. The second-order valence-corrected chi connectivity index (χ2v) is 7.09. The average Bonchev–Trinajstić information content (AvgIpc) is 3.13. The van der Waals surface area contributed by atoms with Crippen LogP contribution in [0.3, 0.4) is 0 Å². The zero-order valence-corrected chi connectivity index (χ0v) is 16.6. The molecule has 1 atom stereocenters. The Labute approximate surface area is 178 Å². The number of anilines is 1. The van der Waals surface area contributed by atoms with Gasteiger partial charge in [-0.1, -0.05) is 30.2 Å². The number of cyclic esters (lactones) is 1. The number of alkyl halides is 2. The number of Topliss-reactive ketones (excluding diaryl/α,β-unsaturated/α-hetero) is 1. The molecule has 0 aliphatic carbocycles. The molecule has 0 saturated carbocycles. The van der Waals surface area contributed by atoms with Gasteiger partial charge >= 0.3 is 6.09 Å². The van der Waals surface area contributed by atoms with Crippen molar-refractivity contribution >= 4 is 17.6 Å². The average molecular weight is 430 g/mol. The highest BCUT2D eigenvalue weighted by atomic mass is 19.3. The summed E-state index contributed by atoms with van der Waals surface area (Å²) in [5.74, 6) is 0.785. The third kappa shape index (κ3) is 5.64. The molecule has 1 amide bonds. The van der Waals surface area contributed by atoms with E-state index in [9.17, 15) is 22.8 Å². The molecule has 0 spiro atoms. The number of rotatable bonds is 9. The summed E-state index contributed by atoms with van der Waals surface area (Å²) in [4.78, 5) is 24.4. The molecule has 1 aliphatic rings. The molecule has 0 unspecified atom stereocenters. The molecular formula is C23H21F3N2O3. The molecule has 2 aromatic carbocycles. The molecule has 2 aromatic rings. The number of carbonyl (C=O) groups is 2. The van der Waals surface area contributed by atoms with E-state index in [1.807, 2.05) is 12.1 Å². The van der Waals surface area contributed by atoms with E-state index in [4.69, 9.17) is 11.2 Å². The maximum atomic E-state index is 14.8. The van der Waals surface area contributed by atoms with Gasteiger partial charge in [-0.15, -0.1) is 6.42 Å². The van der Waals surface area contributed by atoms with Gasteiger partial charge in [0.15, 0.2) is 5.78 Å². The molecule has 31 heavy (non-hydrogen) atoms. The van der Waals surface area contributed by atoms with Gasteiger partial charge in [-0.05, 0) is 35.7 Å². The quantitative estimate of drug-likeness (QED) is 0.480. The minimum absolute atomic E-state index is 0.00543. The van der Waals surface area contributed by atoms with Gasteiger partial charge in [-0.25, -0.2) is 18.0 Å². The summed E-state index contributed by atoms with van der Waals surface area (Å²) in [7, 11) is 0. The minimum atomic E-state index is -3.04. The standard InChI is InChI=1S/C23H21F3N2O3/c1-2-11-27-13-15-3-5-16(6-4-15)19-9-7-17(12-20(19)24)28-14-18(31-23(28)30)8-10-21(29)22(25)26/h1,3-7,9,12,18,22,27H,8,10-11,13-14H2/t18-/m0/s1. The zero-order valence-electron chi connectivity index (χ0n) is 16.6. The predicted molar refractivity (Wildman–Crippen MR) is 110 cm³/mol. The number of halogens is 3. The topological polar surface area (TPSA) is 58.6 Å². The normalized spacial score (nSPS) is 15.8. The minimum Gasteiger partial charge on any atom is -0.444 e. The Bertz CT molecular complexity index is 987. The van der Waals surface area contributed by atoms with Crippen molar-refractivity contribution in [3.8, 4) is 23.5 Å². The number of ether oxygens (including phenoxy) is 1. The van der Waals surface area contributed by atoms with Crippen LogP contribution in [0.4, 0.5) is 23.7 Å². The van der Waals surface area contributed by atoms with Crippen LogP contribution in [-0.2, 0) is 16.1 Å².